The fourth-order valence-corrected chi connectivity index (χ4v) is 2.74. The van der Waals surface area contributed by atoms with Gasteiger partial charge < -0.3 is 10.5 Å². The lowest BCUT2D eigenvalue weighted by atomic mass is 9.94. The number of ether oxygens (including phenoxy) is 1. The highest BCUT2D eigenvalue weighted by molar-refractivity contribution is 6.16. The van der Waals surface area contributed by atoms with E-state index in [1.165, 1.54) is 0 Å². The first-order valence-electron chi connectivity index (χ1n) is 7.19. The molecule has 0 saturated carbocycles. The molecule has 3 rings (SSSR count). The van der Waals surface area contributed by atoms with Gasteiger partial charge in [-0.25, -0.2) is 0 Å². The van der Waals surface area contributed by atoms with Gasteiger partial charge in [-0.05, 0) is 19.1 Å². The lowest BCUT2D eigenvalue weighted by Crippen LogP contribution is -2.29. The monoisotopic (exact) mass is 294 g/mol. The zero-order valence-corrected chi connectivity index (χ0v) is 12.7. The molecule has 1 aliphatic rings. The van der Waals surface area contributed by atoms with Crippen LogP contribution in [0.15, 0.2) is 47.5 Å². The Morgan fingerprint density at radius 3 is 2.73 bits per heavy atom. The molecule has 0 aliphatic carbocycles. The van der Waals surface area contributed by atoms with Crippen molar-refractivity contribution in [2.24, 2.45) is 10.7 Å². The van der Waals surface area contributed by atoms with Crippen LogP contribution in [-0.4, -0.2) is 24.8 Å². The van der Waals surface area contributed by atoms with E-state index in [-0.39, 0.29) is 12.2 Å². The van der Waals surface area contributed by atoms with Gasteiger partial charge in [0.1, 0.15) is 5.75 Å². The molecular formula is C18H18N2O2. The summed E-state index contributed by atoms with van der Waals surface area (Å²) in [6.45, 7) is 2.03. The van der Waals surface area contributed by atoms with Crippen molar-refractivity contribution in [1.29, 1.82) is 0 Å². The summed E-state index contributed by atoms with van der Waals surface area (Å²) in [7, 11) is 1.61. The topological polar surface area (TPSA) is 64.7 Å². The molecule has 112 valence electrons. The van der Waals surface area contributed by atoms with Crippen LogP contribution >= 0.6 is 0 Å². The van der Waals surface area contributed by atoms with Gasteiger partial charge in [0.15, 0.2) is 11.9 Å². The van der Waals surface area contributed by atoms with Crippen LogP contribution in [0.4, 0.5) is 0 Å². The minimum absolute atomic E-state index is 0.103. The molecule has 0 radical (unpaired) electrons. The van der Waals surface area contributed by atoms with Gasteiger partial charge in [0.25, 0.3) is 0 Å². The first-order valence-corrected chi connectivity index (χ1v) is 7.19. The number of hydrogen-bond donors (Lipinski definition) is 1. The summed E-state index contributed by atoms with van der Waals surface area (Å²) in [6.07, 6.45) is -0.605. The molecule has 0 fully saturated rings. The van der Waals surface area contributed by atoms with Crippen molar-refractivity contribution >= 4 is 11.5 Å². The van der Waals surface area contributed by atoms with Crippen molar-refractivity contribution in [2.75, 3.05) is 7.11 Å². The summed E-state index contributed by atoms with van der Waals surface area (Å²) >= 11 is 0. The van der Waals surface area contributed by atoms with Gasteiger partial charge in [-0.15, -0.1) is 0 Å². The molecule has 4 nitrogen and oxygen atoms in total. The van der Waals surface area contributed by atoms with E-state index < -0.39 is 6.17 Å². The number of aryl methyl sites for hydroxylation is 1. The number of hydrogen-bond acceptors (Lipinski definition) is 4. The summed E-state index contributed by atoms with van der Waals surface area (Å²) in [5, 5.41) is 0. The second-order valence-corrected chi connectivity index (χ2v) is 5.42. The van der Waals surface area contributed by atoms with Crippen LogP contribution in [-0.2, 0) is 11.2 Å². The van der Waals surface area contributed by atoms with Crippen LogP contribution in [0.3, 0.4) is 0 Å². The second-order valence-electron chi connectivity index (χ2n) is 5.42. The van der Waals surface area contributed by atoms with E-state index in [1.807, 2.05) is 49.4 Å². The zero-order valence-electron chi connectivity index (χ0n) is 12.7. The molecular weight excluding hydrogens is 276 g/mol. The van der Waals surface area contributed by atoms with Crippen molar-refractivity contribution in [3.8, 4) is 5.75 Å². The SMILES string of the molecule is COc1cccc2c1CC(=O)C(N)N=C2c1cccc(C)c1. The number of carbonyl (C=O) groups excluding carboxylic acids is 1. The van der Waals surface area contributed by atoms with Gasteiger partial charge in [-0.1, -0.05) is 35.9 Å². The Morgan fingerprint density at radius 2 is 2.00 bits per heavy atom. The number of aliphatic imine (C=N–C) groups is 1. The van der Waals surface area contributed by atoms with Crippen LogP contribution in [0, 0.1) is 6.92 Å². The smallest absolute Gasteiger partial charge is 0.176 e. The molecule has 2 aromatic rings. The number of Topliss-reactive ketones (excluding diaryl/α,β-unsaturated/α-hetero) is 1. The lowest BCUT2D eigenvalue weighted by molar-refractivity contribution is -0.119. The highest BCUT2D eigenvalue weighted by Crippen LogP contribution is 2.28. The van der Waals surface area contributed by atoms with E-state index in [2.05, 4.69) is 4.99 Å². The molecule has 4 heteroatoms. The number of rotatable bonds is 2. The number of nitrogens with zero attached hydrogens (tertiary/aromatic N) is 1. The van der Waals surface area contributed by atoms with Crippen molar-refractivity contribution in [3.63, 3.8) is 0 Å². The second kappa shape index (κ2) is 5.73. The number of fused-ring (bicyclic) bond motifs is 1. The third-order valence-corrected chi connectivity index (χ3v) is 3.85. The molecule has 0 aromatic heterocycles. The summed E-state index contributed by atoms with van der Waals surface area (Å²) in [6, 6.07) is 13.8. The van der Waals surface area contributed by atoms with E-state index >= 15 is 0 Å². The Hall–Kier alpha value is -2.46. The molecule has 1 unspecified atom stereocenters. The van der Waals surface area contributed by atoms with Crippen LogP contribution in [0.1, 0.15) is 22.3 Å². The minimum Gasteiger partial charge on any atom is -0.496 e. The first kappa shape index (κ1) is 14.5. The molecule has 2 aromatic carbocycles. The van der Waals surface area contributed by atoms with Gasteiger partial charge in [0, 0.05) is 23.1 Å². The average molecular weight is 294 g/mol. The molecule has 0 amide bonds. The van der Waals surface area contributed by atoms with Crippen molar-refractivity contribution in [2.45, 2.75) is 19.5 Å². The Labute approximate surface area is 129 Å². The quantitative estimate of drug-likeness (QED) is 0.924. The molecule has 22 heavy (non-hydrogen) atoms. The van der Waals surface area contributed by atoms with E-state index in [9.17, 15) is 4.79 Å². The number of carbonyl (C=O) groups is 1. The summed E-state index contributed by atoms with van der Waals surface area (Å²) in [5.74, 6) is 0.591. The summed E-state index contributed by atoms with van der Waals surface area (Å²) in [5.41, 5.74) is 10.5. The van der Waals surface area contributed by atoms with E-state index in [0.29, 0.717) is 5.75 Å². The Balaban J connectivity index is 2.25. The van der Waals surface area contributed by atoms with Crippen molar-refractivity contribution < 1.29 is 9.53 Å². The highest BCUT2D eigenvalue weighted by Gasteiger charge is 2.25. The largest absolute Gasteiger partial charge is 0.496 e. The Kier molecular flexibility index (Phi) is 3.77. The lowest BCUT2D eigenvalue weighted by Gasteiger charge is -2.13. The first-order chi connectivity index (χ1) is 10.6. The maximum absolute atomic E-state index is 12.2. The fourth-order valence-electron chi connectivity index (χ4n) is 2.74. The van der Waals surface area contributed by atoms with Crippen LogP contribution in [0.25, 0.3) is 0 Å². The number of methoxy groups -OCH3 is 1. The number of nitrogens with two attached hydrogens (primary N) is 1. The van der Waals surface area contributed by atoms with Crippen molar-refractivity contribution in [3.05, 3.63) is 64.7 Å². The van der Waals surface area contributed by atoms with Gasteiger partial charge in [-0.3, -0.25) is 9.79 Å². The fraction of sp³-hybridized carbons (Fsp3) is 0.222. The van der Waals surface area contributed by atoms with Crippen molar-refractivity contribution in [1.82, 2.24) is 0 Å². The van der Waals surface area contributed by atoms with Gasteiger partial charge >= 0.3 is 0 Å². The normalized spacial score (nSPS) is 17.5. The summed E-state index contributed by atoms with van der Waals surface area (Å²) < 4.78 is 5.41. The predicted octanol–water partition coefficient (Wildman–Crippen LogP) is 2.25. The Bertz CT molecular complexity index is 765. The van der Waals surface area contributed by atoms with Gasteiger partial charge in [-0.2, -0.15) is 0 Å². The van der Waals surface area contributed by atoms with Crippen LogP contribution in [0.5, 0.6) is 5.75 Å². The predicted molar refractivity (Wildman–Crippen MR) is 86.5 cm³/mol. The molecule has 1 heterocycles. The van der Waals surface area contributed by atoms with E-state index in [4.69, 9.17) is 10.5 Å². The molecule has 1 aliphatic heterocycles. The van der Waals surface area contributed by atoms with E-state index in [1.54, 1.807) is 7.11 Å². The van der Waals surface area contributed by atoms with Gasteiger partial charge in [0.2, 0.25) is 0 Å². The zero-order chi connectivity index (χ0) is 15.7. The number of benzene rings is 2. The highest BCUT2D eigenvalue weighted by atomic mass is 16.5. The number of ketones is 1. The van der Waals surface area contributed by atoms with Crippen LogP contribution in [0.2, 0.25) is 0 Å². The molecule has 0 bridgehead atoms. The Morgan fingerprint density at radius 1 is 1.23 bits per heavy atom. The molecule has 0 spiro atoms. The van der Waals surface area contributed by atoms with E-state index in [0.717, 1.165) is 28.0 Å². The maximum Gasteiger partial charge on any atom is 0.176 e. The maximum atomic E-state index is 12.2. The third-order valence-electron chi connectivity index (χ3n) is 3.85. The average Bonchev–Trinajstić information content (AvgIpc) is 2.64. The van der Waals surface area contributed by atoms with Crippen LogP contribution < -0.4 is 10.5 Å². The molecule has 0 saturated heterocycles. The molecule has 2 N–H and O–H groups in total. The molecule has 1 atom stereocenters. The summed E-state index contributed by atoms with van der Waals surface area (Å²) in [4.78, 5) is 16.7. The minimum atomic E-state index is -0.840. The third kappa shape index (κ3) is 2.53. The standard InChI is InChI=1S/C18H18N2O2/c1-11-5-3-6-12(9-11)17-13-7-4-8-16(22-2)14(13)10-15(21)18(19)20-17/h3-9,18H,10,19H2,1-2H3. The van der Waals surface area contributed by atoms with Gasteiger partial charge in [0.05, 0.1) is 12.8 Å².